The molecule has 1 aliphatic heterocycles. The van der Waals surface area contributed by atoms with Gasteiger partial charge in [0, 0.05) is 25.0 Å². The Balaban J connectivity index is 1.89. The van der Waals surface area contributed by atoms with Gasteiger partial charge in [-0.1, -0.05) is 12.1 Å². The molecule has 162 valence electrons. The monoisotopic (exact) mass is 439 g/mol. The van der Waals surface area contributed by atoms with Gasteiger partial charge in [-0.2, -0.15) is 12.7 Å². The average molecular weight is 439 g/mol. The molecule has 0 radical (unpaired) electrons. The summed E-state index contributed by atoms with van der Waals surface area (Å²) in [5.41, 5.74) is -0.598. The third-order valence-corrected chi connectivity index (χ3v) is 6.56. The van der Waals surface area contributed by atoms with Gasteiger partial charge in [-0.3, -0.25) is 4.79 Å². The largest absolute Gasteiger partial charge is 0.496 e. The molecular weight excluding hydrogens is 416 g/mol. The zero-order valence-electron chi connectivity index (χ0n) is 16.4. The lowest BCUT2D eigenvalue weighted by atomic mass is 9.72. The van der Waals surface area contributed by atoms with Crippen LogP contribution in [0.1, 0.15) is 28.8 Å². The molecule has 7 nitrogen and oxygen atoms in total. The van der Waals surface area contributed by atoms with Crippen LogP contribution in [0.4, 0.5) is 8.78 Å². The van der Waals surface area contributed by atoms with Crippen LogP contribution in [-0.2, 0) is 15.6 Å². The molecule has 30 heavy (non-hydrogen) atoms. The van der Waals surface area contributed by atoms with Gasteiger partial charge in [-0.05, 0) is 48.7 Å². The van der Waals surface area contributed by atoms with Crippen molar-refractivity contribution < 1.29 is 26.7 Å². The maximum Gasteiger partial charge on any atom is 0.276 e. The molecule has 0 aliphatic carbocycles. The second-order valence-corrected chi connectivity index (χ2v) is 8.78. The number of carbonyl (C=O) groups is 1. The first kappa shape index (κ1) is 22.1. The summed E-state index contributed by atoms with van der Waals surface area (Å²) in [6.45, 7) is 0.0430. The van der Waals surface area contributed by atoms with Crippen LogP contribution in [0.2, 0.25) is 0 Å². The summed E-state index contributed by atoms with van der Waals surface area (Å²) in [6.07, 6.45) is 0.325. The number of hydrogen-bond acceptors (Lipinski definition) is 4. The van der Waals surface area contributed by atoms with Crippen molar-refractivity contribution in [1.29, 1.82) is 0 Å². The molecule has 0 bridgehead atoms. The van der Waals surface area contributed by atoms with E-state index in [2.05, 4.69) is 5.32 Å². The summed E-state index contributed by atoms with van der Waals surface area (Å²) in [5, 5.41) is 7.98. The van der Waals surface area contributed by atoms with Crippen molar-refractivity contribution in [3.8, 4) is 5.75 Å². The lowest BCUT2D eigenvalue weighted by Crippen LogP contribution is -2.52. The molecule has 0 unspecified atom stereocenters. The Hall–Kier alpha value is -2.56. The van der Waals surface area contributed by atoms with Crippen LogP contribution in [-0.4, -0.2) is 45.4 Å². The second-order valence-electron chi connectivity index (χ2n) is 7.23. The van der Waals surface area contributed by atoms with Gasteiger partial charge in [-0.15, -0.1) is 0 Å². The summed E-state index contributed by atoms with van der Waals surface area (Å²) in [6, 6.07) is 9.78. The third kappa shape index (κ3) is 4.61. The van der Waals surface area contributed by atoms with Crippen molar-refractivity contribution in [1.82, 2.24) is 9.62 Å². The molecule has 2 aromatic carbocycles. The Morgan fingerprint density at radius 1 is 1.20 bits per heavy atom. The molecule has 0 saturated carbocycles. The van der Waals surface area contributed by atoms with E-state index in [1.165, 1.54) is 7.11 Å². The first-order chi connectivity index (χ1) is 14.2. The number of piperidine rings is 1. The van der Waals surface area contributed by atoms with E-state index in [1.54, 1.807) is 24.3 Å². The summed E-state index contributed by atoms with van der Waals surface area (Å²) in [4.78, 5) is 12.7. The number of nitrogens with zero attached hydrogens (tertiary/aromatic N) is 1. The summed E-state index contributed by atoms with van der Waals surface area (Å²) < 4.78 is 58.2. The topological polar surface area (TPSA) is 102 Å². The van der Waals surface area contributed by atoms with Gasteiger partial charge in [0.05, 0.1) is 12.7 Å². The maximum absolute atomic E-state index is 14.6. The molecule has 10 heteroatoms. The standard InChI is InChI=1S/C20H23F2N3O4S/c1-29-18-5-3-2-4-15(18)19(26)24-13-20(16-12-14(21)6-7-17(16)22)8-10-25(11-9-20)30(23,27)28/h2-7,12H,8-11,13H2,1H3,(H,24,26)(H2,23,27,28). The van der Waals surface area contributed by atoms with Gasteiger partial charge < -0.3 is 10.1 Å². The Kier molecular flexibility index (Phi) is 6.39. The second kappa shape index (κ2) is 8.66. The minimum absolute atomic E-state index is 0.0112. The van der Waals surface area contributed by atoms with E-state index in [4.69, 9.17) is 9.88 Å². The lowest BCUT2D eigenvalue weighted by molar-refractivity contribution is 0.0929. The van der Waals surface area contributed by atoms with E-state index in [-0.39, 0.29) is 38.0 Å². The van der Waals surface area contributed by atoms with Crippen molar-refractivity contribution in [3.05, 3.63) is 65.2 Å². The van der Waals surface area contributed by atoms with E-state index in [1.807, 2.05) is 0 Å². The number of rotatable bonds is 6. The molecule has 1 fully saturated rings. The van der Waals surface area contributed by atoms with Crippen LogP contribution < -0.4 is 15.2 Å². The van der Waals surface area contributed by atoms with Crippen LogP contribution in [0.3, 0.4) is 0 Å². The highest BCUT2D eigenvalue weighted by molar-refractivity contribution is 7.86. The van der Waals surface area contributed by atoms with Crippen LogP contribution in [0, 0.1) is 11.6 Å². The van der Waals surface area contributed by atoms with E-state index < -0.39 is 33.2 Å². The van der Waals surface area contributed by atoms with Crippen LogP contribution in [0.25, 0.3) is 0 Å². The fourth-order valence-corrected chi connectivity index (χ4v) is 4.48. The summed E-state index contributed by atoms with van der Waals surface area (Å²) >= 11 is 0. The number of nitrogens with one attached hydrogen (secondary N) is 1. The van der Waals surface area contributed by atoms with E-state index in [9.17, 15) is 22.0 Å². The molecule has 2 aromatic rings. The van der Waals surface area contributed by atoms with E-state index >= 15 is 0 Å². The number of para-hydroxylation sites is 1. The fourth-order valence-electron chi connectivity index (χ4n) is 3.79. The van der Waals surface area contributed by atoms with Gasteiger partial charge in [-0.25, -0.2) is 13.9 Å². The Morgan fingerprint density at radius 2 is 1.87 bits per heavy atom. The quantitative estimate of drug-likeness (QED) is 0.718. The van der Waals surface area contributed by atoms with Crippen molar-refractivity contribution >= 4 is 16.1 Å². The van der Waals surface area contributed by atoms with Crippen molar-refractivity contribution in [2.75, 3.05) is 26.7 Å². The van der Waals surface area contributed by atoms with Crippen molar-refractivity contribution in [2.45, 2.75) is 18.3 Å². The highest BCUT2D eigenvalue weighted by Gasteiger charge is 2.41. The Labute approximate surface area is 174 Å². The minimum atomic E-state index is -3.90. The normalized spacial score (nSPS) is 16.8. The number of carbonyl (C=O) groups excluding carboxylic acids is 1. The first-order valence-electron chi connectivity index (χ1n) is 9.31. The van der Waals surface area contributed by atoms with Gasteiger partial charge in [0.2, 0.25) is 0 Å². The van der Waals surface area contributed by atoms with Gasteiger partial charge in [0.15, 0.2) is 0 Å². The number of ether oxygens (including phenoxy) is 1. The van der Waals surface area contributed by atoms with E-state index in [0.29, 0.717) is 11.3 Å². The number of amides is 1. The fraction of sp³-hybridized carbons (Fsp3) is 0.350. The lowest BCUT2D eigenvalue weighted by Gasteiger charge is -2.41. The maximum atomic E-state index is 14.6. The van der Waals surface area contributed by atoms with E-state index in [0.717, 1.165) is 22.5 Å². The molecule has 1 amide bonds. The molecule has 1 heterocycles. The molecule has 3 N–H and O–H groups in total. The molecular formula is C20H23F2N3O4S. The predicted octanol–water partition coefficient (Wildman–Crippen LogP) is 1.94. The minimum Gasteiger partial charge on any atom is -0.496 e. The van der Waals surface area contributed by atoms with Gasteiger partial charge in [0.25, 0.3) is 16.1 Å². The highest BCUT2D eigenvalue weighted by atomic mass is 32.2. The summed E-state index contributed by atoms with van der Waals surface area (Å²) in [7, 11) is -2.46. The van der Waals surface area contributed by atoms with Crippen LogP contribution >= 0.6 is 0 Å². The summed E-state index contributed by atoms with van der Waals surface area (Å²) in [5.74, 6) is -1.29. The van der Waals surface area contributed by atoms with Gasteiger partial charge in [0.1, 0.15) is 17.4 Å². The number of methoxy groups -OCH3 is 1. The number of halogens is 2. The van der Waals surface area contributed by atoms with Crippen molar-refractivity contribution in [2.24, 2.45) is 5.14 Å². The van der Waals surface area contributed by atoms with Gasteiger partial charge >= 0.3 is 0 Å². The first-order valence-corrected chi connectivity index (χ1v) is 10.8. The zero-order chi connectivity index (χ0) is 21.9. The third-order valence-electron chi connectivity index (χ3n) is 5.48. The zero-order valence-corrected chi connectivity index (χ0v) is 17.2. The molecule has 0 aromatic heterocycles. The molecule has 3 rings (SSSR count). The number of nitrogens with two attached hydrogens (primary N) is 1. The molecule has 1 saturated heterocycles. The SMILES string of the molecule is COc1ccccc1C(=O)NCC1(c2cc(F)ccc2F)CCN(S(N)(=O)=O)CC1. The molecule has 0 spiro atoms. The highest BCUT2D eigenvalue weighted by Crippen LogP contribution is 2.37. The Morgan fingerprint density at radius 3 is 2.50 bits per heavy atom. The number of hydrogen-bond donors (Lipinski definition) is 2. The molecule has 1 aliphatic rings. The van der Waals surface area contributed by atoms with Crippen molar-refractivity contribution in [3.63, 3.8) is 0 Å². The molecule has 0 atom stereocenters. The van der Waals surface area contributed by atoms with Crippen LogP contribution in [0.5, 0.6) is 5.75 Å². The Bertz CT molecular complexity index is 1040. The average Bonchev–Trinajstić information content (AvgIpc) is 2.73. The predicted molar refractivity (Wildman–Crippen MR) is 107 cm³/mol. The smallest absolute Gasteiger partial charge is 0.276 e. The van der Waals surface area contributed by atoms with Crippen LogP contribution in [0.15, 0.2) is 42.5 Å². The number of benzene rings is 2.